The van der Waals surface area contributed by atoms with Crippen LogP contribution in [-0.4, -0.2) is 56.8 Å². The highest BCUT2D eigenvalue weighted by atomic mass is 16.5. The quantitative estimate of drug-likeness (QED) is 0.416. The minimum Gasteiger partial charge on any atom is -0.507 e. The first-order chi connectivity index (χ1) is 16.3. The average Bonchev–Trinajstić information content (AvgIpc) is 2.82. The van der Waals surface area contributed by atoms with Gasteiger partial charge in [-0.15, -0.1) is 0 Å². The minimum atomic E-state index is -0.483. The molecule has 3 aromatic rings. The summed E-state index contributed by atoms with van der Waals surface area (Å²) in [6, 6.07) is 12.3. The highest BCUT2D eigenvalue weighted by Crippen LogP contribution is 2.28. The lowest BCUT2D eigenvalue weighted by atomic mass is 10.1. The van der Waals surface area contributed by atoms with Gasteiger partial charge in [0.25, 0.3) is 5.91 Å². The first-order valence-corrected chi connectivity index (χ1v) is 11.4. The van der Waals surface area contributed by atoms with E-state index in [4.69, 9.17) is 9.15 Å². The van der Waals surface area contributed by atoms with E-state index < -0.39 is 11.3 Å². The normalized spacial score (nSPS) is 11.1. The zero-order chi connectivity index (χ0) is 24.7. The summed E-state index contributed by atoms with van der Waals surface area (Å²) in [5.74, 6) is -0.475. The van der Waals surface area contributed by atoms with Crippen LogP contribution in [0.4, 0.5) is 5.69 Å². The number of rotatable bonds is 11. The minimum absolute atomic E-state index is 0.0212. The van der Waals surface area contributed by atoms with Crippen LogP contribution in [0.25, 0.3) is 11.0 Å². The summed E-state index contributed by atoms with van der Waals surface area (Å²) >= 11 is 0. The van der Waals surface area contributed by atoms with Crippen LogP contribution < -0.4 is 20.4 Å². The third kappa shape index (κ3) is 6.08. The van der Waals surface area contributed by atoms with Gasteiger partial charge >= 0.3 is 0 Å². The second-order valence-corrected chi connectivity index (χ2v) is 8.35. The van der Waals surface area contributed by atoms with Gasteiger partial charge < -0.3 is 24.5 Å². The molecule has 0 saturated carbocycles. The maximum Gasteiger partial charge on any atom is 0.287 e. The maximum absolute atomic E-state index is 12.5. The van der Waals surface area contributed by atoms with Gasteiger partial charge in [-0.05, 0) is 37.6 Å². The average molecular weight is 468 g/mol. The van der Waals surface area contributed by atoms with Crippen LogP contribution in [0.15, 0.2) is 51.7 Å². The number of hydrogen-bond acceptors (Lipinski definition) is 7. The Morgan fingerprint density at radius 1 is 1.15 bits per heavy atom. The van der Waals surface area contributed by atoms with Gasteiger partial charge in [-0.25, -0.2) is 0 Å². The van der Waals surface area contributed by atoms with E-state index in [0.29, 0.717) is 12.3 Å². The molecule has 0 aliphatic carbocycles. The largest absolute Gasteiger partial charge is 0.507 e. The summed E-state index contributed by atoms with van der Waals surface area (Å²) in [5.41, 5.74) is 2.13. The molecule has 1 heterocycles. The van der Waals surface area contributed by atoms with Gasteiger partial charge in [-0.1, -0.05) is 25.1 Å². The number of benzene rings is 2. The number of para-hydroxylation sites is 1. The molecule has 0 atom stereocenters. The van der Waals surface area contributed by atoms with Gasteiger partial charge in [-0.3, -0.25) is 14.5 Å². The van der Waals surface area contributed by atoms with Gasteiger partial charge in [0.1, 0.15) is 22.5 Å². The van der Waals surface area contributed by atoms with E-state index in [0.717, 1.165) is 38.5 Å². The number of nitrogens with zero attached hydrogens (tertiary/aromatic N) is 2. The monoisotopic (exact) mass is 467 g/mol. The Labute approximate surface area is 199 Å². The summed E-state index contributed by atoms with van der Waals surface area (Å²) in [7, 11) is 5.54. The molecule has 0 spiro atoms. The number of carbonyl (C=O) groups is 1. The number of amides is 1. The number of ether oxygens (including phenoxy) is 1. The van der Waals surface area contributed by atoms with E-state index in [1.54, 1.807) is 0 Å². The first-order valence-electron chi connectivity index (χ1n) is 11.4. The highest BCUT2D eigenvalue weighted by molar-refractivity contribution is 5.94. The molecule has 8 heteroatoms. The number of phenolic OH excluding ortho intramolecular Hbond substituents is 1. The van der Waals surface area contributed by atoms with Crippen molar-refractivity contribution in [1.29, 1.82) is 0 Å². The first kappa shape index (κ1) is 25.1. The number of nitrogens with one attached hydrogen (secondary N) is 1. The molecule has 0 fully saturated rings. The Hall–Kier alpha value is -3.52. The van der Waals surface area contributed by atoms with Gasteiger partial charge in [-0.2, -0.15) is 0 Å². The molecule has 0 aliphatic rings. The SMILES string of the molecule is CCN(CCCCNC(=O)c1cc(=O)c2c(O)cc(OC)cc2o1)Cc1ccccc1N(C)C. The fourth-order valence-corrected chi connectivity index (χ4v) is 3.89. The van der Waals surface area contributed by atoms with Crippen molar-refractivity contribution in [3.05, 3.63) is 64.0 Å². The maximum atomic E-state index is 12.5. The zero-order valence-electron chi connectivity index (χ0n) is 20.3. The number of carbonyl (C=O) groups excluding carboxylic acids is 1. The Morgan fingerprint density at radius 3 is 2.62 bits per heavy atom. The molecule has 1 aromatic heterocycles. The van der Waals surface area contributed by atoms with E-state index in [1.807, 2.05) is 0 Å². The van der Waals surface area contributed by atoms with Crippen molar-refractivity contribution < 1.29 is 19.1 Å². The van der Waals surface area contributed by atoms with Crippen molar-refractivity contribution in [3.8, 4) is 11.5 Å². The van der Waals surface area contributed by atoms with Crippen LogP contribution in [0.3, 0.4) is 0 Å². The third-order valence-electron chi connectivity index (χ3n) is 5.74. The molecule has 2 aromatic carbocycles. The van der Waals surface area contributed by atoms with Crippen LogP contribution in [0, 0.1) is 0 Å². The standard InChI is InChI=1S/C26H33N3O5/c1-5-29(17-18-10-6-7-11-20(18)28(2)3)13-9-8-12-27-26(32)24-16-22(31)25-21(30)14-19(33-4)15-23(25)34-24/h6-7,10-11,14-16,30H,5,8-9,12-13,17H2,1-4H3,(H,27,32). The van der Waals surface area contributed by atoms with E-state index in [1.165, 1.54) is 30.5 Å². The molecular weight excluding hydrogens is 434 g/mol. The van der Waals surface area contributed by atoms with Crippen LogP contribution in [0.1, 0.15) is 35.9 Å². The summed E-state index contributed by atoms with van der Waals surface area (Å²) < 4.78 is 10.7. The molecule has 182 valence electrons. The van der Waals surface area contributed by atoms with Crippen molar-refractivity contribution in [2.24, 2.45) is 0 Å². The van der Waals surface area contributed by atoms with E-state index in [-0.39, 0.29) is 22.5 Å². The number of methoxy groups -OCH3 is 1. The van der Waals surface area contributed by atoms with Crippen LogP contribution in [-0.2, 0) is 6.54 Å². The predicted molar refractivity (Wildman–Crippen MR) is 134 cm³/mol. The molecule has 1 amide bonds. The number of phenols is 1. The van der Waals surface area contributed by atoms with Crippen molar-refractivity contribution in [2.45, 2.75) is 26.3 Å². The lowest BCUT2D eigenvalue weighted by Gasteiger charge is -2.24. The lowest BCUT2D eigenvalue weighted by molar-refractivity contribution is 0.0925. The third-order valence-corrected chi connectivity index (χ3v) is 5.74. The summed E-state index contributed by atoms with van der Waals surface area (Å²) in [6.07, 6.45) is 1.72. The molecule has 2 N–H and O–H groups in total. The lowest BCUT2D eigenvalue weighted by Crippen LogP contribution is -2.28. The molecule has 0 radical (unpaired) electrons. The number of fused-ring (bicyclic) bond motifs is 1. The zero-order valence-corrected chi connectivity index (χ0v) is 20.3. The van der Waals surface area contributed by atoms with Crippen LogP contribution >= 0.6 is 0 Å². The molecule has 0 bridgehead atoms. The fourth-order valence-electron chi connectivity index (χ4n) is 3.89. The predicted octanol–water partition coefficient (Wildman–Crippen LogP) is 3.61. The number of anilines is 1. The Kier molecular flexibility index (Phi) is 8.54. The van der Waals surface area contributed by atoms with Gasteiger partial charge in [0.2, 0.25) is 0 Å². The van der Waals surface area contributed by atoms with E-state index >= 15 is 0 Å². The number of aromatic hydroxyl groups is 1. The van der Waals surface area contributed by atoms with Gasteiger partial charge in [0.15, 0.2) is 11.2 Å². The molecular formula is C26H33N3O5. The molecule has 8 nitrogen and oxygen atoms in total. The molecule has 0 saturated heterocycles. The molecule has 34 heavy (non-hydrogen) atoms. The van der Waals surface area contributed by atoms with Crippen LogP contribution in [0.5, 0.6) is 11.5 Å². The summed E-state index contributed by atoms with van der Waals surface area (Å²) in [5, 5.41) is 12.9. The van der Waals surface area contributed by atoms with E-state index in [9.17, 15) is 14.7 Å². The molecule has 0 aliphatic heterocycles. The topological polar surface area (TPSA) is 95.2 Å². The highest BCUT2D eigenvalue weighted by Gasteiger charge is 2.16. The van der Waals surface area contributed by atoms with Crippen molar-refractivity contribution in [3.63, 3.8) is 0 Å². The second kappa shape index (κ2) is 11.6. The van der Waals surface area contributed by atoms with E-state index in [2.05, 4.69) is 60.4 Å². The Morgan fingerprint density at radius 2 is 1.91 bits per heavy atom. The fraction of sp³-hybridized carbons (Fsp3) is 0.385. The van der Waals surface area contributed by atoms with Crippen molar-refractivity contribution in [1.82, 2.24) is 10.2 Å². The van der Waals surface area contributed by atoms with Crippen LogP contribution in [0.2, 0.25) is 0 Å². The summed E-state index contributed by atoms with van der Waals surface area (Å²) in [4.78, 5) is 29.4. The van der Waals surface area contributed by atoms with Crippen molar-refractivity contribution in [2.75, 3.05) is 45.7 Å². The second-order valence-electron chi connectivity index (χ2n) is 8.35. The molecule has 3 rings (SSSR count). The molecule has 0 unspecified atom stereocenters. The smallest absolute Gasteiger partial charge is 0.287 e. The number of hydrogen-bond donors (Lipinski definition) is 2. The van der Waals surface area contributed by atoms with Gasteiger partial charge in [0, 0.05) is 51.1 Å². The Balaban J connectivity index is 1.53. The number of unbranched alkanes of at least 4 members (excludes halogenated alkanes) is 1. The summed E-state index contributed by atoms with van der Waals surface area (Å²) in [6.45, 7) is 5.34. The Bertz CT molecular complexity index is 1190. The van der Waals surface area contributed by atoms with Gasteiger partial charge in [0.05, 0.1) is 7.11 Å². The van der Waals surface area contributed by atoms with Crippen molar-refractivity contribution >= 4 is 22.6 Å².